The van der Waals surface area contributed by atoms with Crippen LogP contribution in [0.25, 0.3) is 0 Å². The van der Waals surface area contributed by atoms with E-state index in [0.29, 0.717) is 12.8 Å². The van der Waals surface area contributed by atoms with Gasteiger partial charge in [-0.15, -0.1) is 0 Å². The average Bonchev–Trinajstić information content (AvgIpc) is 2.74. The van der Waals surface area contributed by atoms with E-state index in [4.69, 9.17) is 11.6 Å². The summed E-state index contributed by atoms with van der Waals surface area (Å²) in [6.07, 6.45) is 3.02. The van der Waals surface area contributed by atoms with Crippen LogP contribution >= 0.6 is 18.5 Å². The second-order valence-electron chi connectivity index (χ2n) is 6.65. The Labute approximate surface area is 172 Å². The van der Waals surface area contributed by atoms with Crippen LogP contribution in [-0.4, -0.2) is 11.6 Å². The summed E-state index contributed by atoms with van der Waals surface area (Å²) in [4.78, 5) is 13.1. The third kappa shape index (κ3) is 4.73. The number of rotatable bonds is 7. The van der Waals surface area contributed by atoms with Gasteiger partial charge in [-0.25, -0.2) is 0 Å². The van der Waals surface area contributed by atoms with Gasteiger partial charge in [0, 0.05) is 11.5 Å². The Kier molecular flexibility index (Phi) is 7.09. The first-order valence-corrected chi connectivity index (χ1v) is 11.6. The summed E-state index contributed by atoms with van der Waals surface area (Å²) in [5.41, 5.74) is 0. The lowest BCUT2D eigenvalue weighted by atomic mass is 10.2. The van der Waals surface area contributed by atoms with Crippen LogP contribution in [0.5, 0.6) is 0 Å². The molecule has 0 spiro atoms. The van der Waals surface area contributed by atoms with Crippen molar-refractivity contribution >= 4 is 46.0 Å². The highest BCUT2D eigenvalue weighted by Crippen LogP contribution is 2.43. The Hall–Kier alpha value is -2.34. The standard InChI is InChI=1S/C25H24ClOP/c1-21(26)12-11-13-22(27)20-28(23-14-5-2-6-15-23,24-16-7-3-8-17-24)25-18-9-4-10-19-25/h2-10,12,14-20H,11,13H2,1H3/b21-12+. The van der Waals surface area contributed by atoms with Crippen molar-refractivity contribution in [2.24, 2.45) is 0 Å². The van der Waals surface area contributed by atoms with Gasteiger partial charge in [0.2, 0.25) is 0 Å². The van der Waals surface area contributed by atoms with Crippen molar-refractivity contribution in [2.45, 2.75) is 19.8 Å². The molecule has 0 aromatic heterocycles. The first-order valence-electron chi connectivity index (χ1n) is 9.39. The van der Waals surface area contributed by atoms with Crippen LogP contribution in [0.15, 0.2) is 102 Å². The molecule has 0 unspecified atom stereocenters. The maximum Gasteiger partial charge on any atom is 0.157 e. The minimum absolute atomic E-state index is 0.152. The SMILES string of the molecule is C/C(Cl)=C\CCC(=O)C=P(c1ccccc1)(c1ccccc1)c1ccccc1. The van der Waals surface area contributed by atoms with E-state index in [-0.39, 0.29) is 5.78 Å². The number of carbonyl (C=O) groups excluding carboxylic acids is 1. The van der Waals surface area contributed by atoms with E-state index in [1.165, 1.54) is 15.9 Å². The number of halogens is 1. The predicted molar refractivity (Wildman–Crippen MR) is 125 cm³/mol. The fourth-order valence-corrected chi connectivity index (χ4v) is 7.29. The molecule has 1 nitrogen and oxygen atoms in total. The monoisotopic (exact) mass is 406 g/mol. The van der Waals surface area contributed by atoms with Crippen LogP contribution < -0.4 is 15.9 Å². The Morgan fingerprint density at radius 1 is 0.786 bits per heavy atom. The van der Waals surface area contributed by atoms with Gasteiger partial charge in [0.1, 0.15) is 0 Å². The molecule has 0 aliphatic heterocycles. The van der Waals surface area contributed by atoms with Gasteiger partial charge in [-0.2, -0.15) is 0 Å². The average molecular weight is 407 g/mol. The van der Waals surface area contributed by atoms with Gasteiger partial charge in [0.05, 0.1) is 0 Å². The number of hydrogen-bond donors (Lipinski definition) is 0. The summed E-state index contributed by atoms with van der Waals surface area (Å²) in [5.74, 6) is 2.14. The van der Waals surface area contributed by atoms with Gasteiger partial charge in [-0.3, -0.25) is 4.79 Å². The van der Waals surface area contributed by atoms with Crippen LogP contribution in [0.1, 0.15) is 19.8 Å². The van der Waals surface area contributed by atoms with Crippen molar-refractivity contribution < 1.29 is 4.79 Å². The van der Waals surface area contributed by atoms with Crippen LogP contribution in [0.3, 0.4) is 0 Å². The zero-order chi connectivity index (χ0) is 19.8. The number of hydrogen-bond acceptors (Lipinski definition) is 1. The molecule has 0 aliphatic rings. The molecule has 28 heavy (non-hydrogen) atoms. The maximum atomic E-state index is 13.1. The number of allylic oxidation sites excluding steroid dienone is 2. The smallest absolute Gasteiger partial charge is 0.157 e. The minimum atomic E-state index is -2.20. The van der Waals surface area contributed by atoms with Crippen LogP contribution in [0.2, 0.25) is 0 Å². The zero-order valence-electron chi connectivity index (χ0n) is 16.0. The highest BCUT2D eigenvalue weighted by Gasteiger charge is 2.25. The summed E-state index contributed by atoms with van der Waals surface area (Å²) < 4.78 is 0. The molecule has 0 aliphatic carbocycles. The summed E-state index contributed by atoms with van der Waals surface area (Å²) >= 11 is 5.93. The number of benzene rings is 3. The Bertz CT molecular complexity index is 885. The van der Waals surface area contributed by atoms with Gasteiger partial charge in [-0.1, -0.05) is 109 Å². The molecule has 3 aromatic carbocycles. The molecule has 0 fully saturated rings. The molecule has 3 rings (SSSR count). The minimum Gasteiger partial charge on any atom is -0.295 e. The molecule has 0 atom stereocenters. The normalized spacial score (nSPS) is 11.9. The lowest BCUT2D eigenvalue weighted by molar-refractivity contribution is -0.112. The molecule has 3 aromatic rings. The molecule has 3 heteroatoms. The topological polar surface area (TPSA) is 17.1 Å². The lowest BCUT2D eigenvalue weighted by Gasteiger charge is -2.28. The second-order valence-corrected chi connectivity index (χ2v) is 10.5. The quantitative estimate of drug-likeness (QED) is 0.488. The van der Waals surface area contributed by atoms with E-state index in [9.17, 15) is 4.79 Å². The van der Waals surface area contributed by atoms with Crippen molar-refractivity contribution in [1.82, 2.24) is 0 Å². The molecule has 0 amide bonds. The molecule has 0 saturated carbocycles. The van der Waals surface area contributed by atoms with Crippen LogP contribution in [-0.2, 0) is 4.79 Å². The first-order chi connectivity index (χ1) is 13.6. The molecular weight excluding hydrogens is 383 g/mol. The van der Waals surface area contributed by atoms with Crippen molar-refractivity contribution in [2.75, 3.05) is 0 Å². The van der Waals surface area contributed by atoms with E-state index in [1.54, 1.807) is 0 Å². The molecule has 0 bridgehead atoms. The first kappa shape index (κ1) is 20.4. The van der Waals surface area contributed by atoms with Gasteiger partial charge < -0.3 is 0 Å². The number of ketones is 1. The van der Waals surface area contributed by atoms with Gasteiger partial charge in [0.15, 0.2) is 5.78 Å². The maximum absolute atomic E-state index is 13.1. The number of carbonyl (C=O) groups is 1. The van der Waals surface area contributed by atoms with Crippen molar-refractivity contribution in [1.29, 1.82) is 0 Å². The summed E-state index contributed by atoms with van der Waals surface area (Å²) in [6, 6.07) is 31.2. The summed E-state index contributed by atoms with van der Waals surface area (Å²) in [7, 11) is 0. The Morgan fingerprint density at radius 3 is 1.54 bits per heavy atom. The fourth-order valence-electron chi connectivity index (χ4n) is 3.35. The third-order valence-corrected chi connectivity index (χ3v) is 8.81. The van der Waals surface area contributed by atoms with Gasteiger partial charge in [-0.05, 0) is 41.9 Å². The fraction of sp³-hybridized carbons (Fsp3) is 0.120. The van der Waals surface area contributed by atoms with E-state index >= 15 is 0 Å². The van der Waals surface area contributed by atoms with Crippen molar-refractivity contribution in [3.63, 3.8) is 0 Å². The summed E-state index contributed by atoms with van der Waals surface area (Å²) in [6.45, 7) is -0.363. The summed E-state index contributed by atoms with van der Waals surface area (Å²) in [5, 5.41) is 4.28. The molecule has 0 radical (unpaired) electrons. The van der Waals surface area contributed by atoms with Gasteiger partial charge >= 0.3 is 0 Å². The highest BCUT2D eigenvalue weighted by atomic mass is 35.5. The molecule has 0 saturated heterocycles. The second kappa shape index (κ2) is 9.73. The van der Waals surface area contributed by atoms with E-state index in [2.05, 4.69) is 36.4 Å². The zero-order valence-corrected chi connectivity index (χ0v) is 17.6. The largest absolute Gasteiger partial charge is 0.295 e. The lowest BCUT2D eigenvalue weighted by Crippen LogP contribution is -2.28. The molecule has 0 heterocycles. The highest BCUT2D eigenvalue weighted by molar-refractivity contribution is 7.95. The van der Waals surface area contributed by atoms with Crippen LogP contribution in [0, 0.1) is 0 Å². The van der Waals surface area contributed by atoms with Gasteiger partial charge in [0.25, 0.3) is 0 Å². The molecule has 142 valence electrons. The Balaban J connectivity index is 2.24. The Morgan fingerprint density at radius 2 is 1.18 bits per heavy atom. The van der Waals surface area contributed by atoms with E-state index in [0.717, 1.165) is 5.03 Å². The predicted octanol–water partition coefficient (Wildman–Crippen LogP) is 5.27. The third-order valence-electron chi connectivity index (χ3n) is 4.64. The van der Waals surface area contributed by atoms with Crippen molar-refractivity contribution in [3.8, 4) is 0 Å². The van der Waals surface area contributed by atoms with E-state index < -0.39 is 6.89 Å². The van der Waals surface area contributed by atoms with Crippen molar-refractivity contribution in [3.05, 3.63) is 102 Å². The van der Waals surface area contributed by atoms with E-state index in [1.807, 2.05) is 73.4 Å². The van der Waals surface area contributed by atoms with Crippen LogP contribution in [0.4, 0.5) is 0 Å². The number of Topliss-reactive ketones (excluding diaryl/α,β-unsaturated/α-hetero) is 1. The molecular formula is C25H24ClOP. The molecule has 0 N–H and O–H groups in total.